The van der Waals surface area contributed by atoms with Gasteiger partial charge in [0.15, 0.2) is 0 Å². The summed E-state index contributed by atoms with van der Waals surface area (Å²) in [6, 6.07) is 8.60. The Morgan fingerprint density at radius 1 is 1.09 bits per heavy atom. The van der Waals surface area contributed by atoms with Gasteiger partial charge in [-0.1, -0.05) is 24.3 Å². The molecule has 3 N–H and O–H groups in total. The summed E-state index contributed by atoms with van der Waals surface area (Å²) in [6.07, 6.45) is 2.68. The van der Waals surface area contributed by atoms with E-state index in [0.717, 1.165) is 6.07 Å². The lowest BCUT2D eigenvalue weighted by atomic mass is 9.94. The molecule has 0 bridgehead atoms. The highest BCUT2D eigenvalue weighted by Crippen LogP contribution is 2.48. The van der Waals surface area contributed by atoms with Crippen molar-refractivity contribution in [3.63, 3.8) is 0 Å². The SMILES string of the molecule is O=C1NCCc2ncc(NS(=O)(=O)c3c(F)cc(F)cc3-c3ccc(C4(C(=O)O)CC4)cc3)cc21. The molecule has 8 nitrogen and oxygen atoms in total. The van der Waals surface area contributed by atoms with Crippen molar-refractivity contribution in [3.05, 3.63) is 77.1 Å². The third-order valence-corrected chi connectivity index (χ3v) is 7.76. The van der Waals surface area contributed by atoms with Crippen LogP contribution in [0.25, 0.3) is 11.1 Å². The molecule has 0 spiro atoms. The molecule has 2 aliphatic rings. The molecule has 2 aromatic carbocycles. The fourth-order valence-corrected chi connectivity index (χ4v) is 5.61. The van der Waals surface area contributed by atoms with Gasteiger partial charge in [-0.2, -0.15) is 0 Å². The van der Waals surface area contributed by atoms with Gasteiger partial charge in [-0.15, -0.1) is 0 Å². The van der Waals surface area contributed by atoms with E-state index in [1.807, 2.05) is 0 Å². The zero-order valence-corrected chi connectivity index (χ0v) is 19.0. The number of hydrogen-bond donors (Lipinski definition) is 3. The van der Waals surface area contributed by atoms with E-state index < -0.39 is 43.8 Å². The van der Waals surface area contributed by atoms with Gasteiger partial charge in [0.2, 0.25) is 0 Å². The number of pyridine rings is 1. The van der Waals surface area contributed by atoms with Gasteiger partial charge < -0.3 is 10.4 Å². The third-order valence-electron chi connectivity index (χ3n) is 6.30. The minimum absolute atomic E-state index is 0.0528. The Balaban J connectivity index is 1.54. The van der Waals surface area contributed by atoms with Crippen molar-refractivity contribution >= 4 is 27.6 Å². The number of nitrogens with one attached hydrogen (secondary N) is 2. The van der Waals surface area contributed by atoms with E-state index in [2.05, 4.69) is 15.0 Å². The molecule has 5 rings (SSSR count). The summed E-state index contributed by atoms with van der Waals surface area (Å²) in [5, 5.41) is 12.1. The fraction of sp³-hybridized carbons (Fsp3) is 0.208. The number of amides is 1. The van der Waals surface area contributed by atoms with Crippen LogP contribution in [0, 0.1) is 11.6 Å². The number of aromatic nitrogens is 1. The molecule has 1 aliphatic heterocycles. The first kappa shape index (κ1) is 22.9. The summed E-state index contributed by atoms with van der Waals surface area (Å²) in [7, 11) is -4.58. The molecule has 0 radical (unpaired) electrons. The molecular weight excluding hydrogens is 480 g/mol. The average Bonchev–Trinajstić information content (AvgIpc) is 3.61. The van der Waals surface area contributed by atoms with Crippen LogP contribution in [0.2, 0.25) is 0 Å². The zero-order chi connectivity index (χ0) is 25.0. The first-order valence-corrected chi connectivity index (χ1v) is 12.2. The van der Waals surface area contributed by atoms with Crippen LogP contribution in [-0.2, 0) is 26.7 Å². The van der Waals surface area contributed by atoms with Crippen molar-refractivity contribution < 1.29 is 31.9 Å². The van der Waals surface area contributed by atoms with E-state index in [4.69, 9.17) is 0 Å². The van der Waals surface area contributed by atoms with Gasteiger partial charge in [-0.05, 0) is 36.1 Å². The summed E-state index contributed by atoms with van der Waals surface area (Å²) in [5.74, 6) is -3.63. The number of fused-ring (bicyclic) bond motifs is 1. The second-order valence-corrected chi connectivity index (χ2v) is 10.2. The number of rotatable bonds is 6. The quantitative estimate of drug-likeness (QED) is 0.478. The van der Waals surface area contributed by atoms with E-state index in [1.165, 1.54) is 36.5 Å². The van der Waals surface area contributed by atoms with Crippen LogP contribution >= 0.6 is 0 Å². The molecule has 0 unspecified atom stereocenters. The Kier molecular flexibility index (Phi) is 5.32. The summed E-state index contributed by atoms with van der Waals surface area (Å²) < 4.78 is 57.7. The highest BCUT2D eigenvalue weighted by atomic mass is 32.2. The number of carboxylic acid groups (broad SMARTS) is 1. The van der Waals surface area contributed by atoms with Gasteiger partial charge in [-0.25, -0.2) is 17.2 Å². The number of sulfonamides is 1. The molecule has 1 aliphatic carbocycles. The number of anilines is 1. The van der Waals surface area contributed by atoms with Crippen molar-refractivity contribution in [2.45, 2.75) is 29.6 Å². The zero-order valence-electron chi connectivity index (χ0n) is 18.1. The van der Waals surface area contributed by atoms with Crippen molar-refractivity contribution in [2.75, 3.05) is 11.3 Å². The van der Waals surface area contributed by atoms with Gasteiger partial charge >= 0.3 is 5.97 Å². The van der Waals surface area contributed by atoms with E-state index in [-0.39, 0.29) is 22.4 Å². The number of aliphatic carboxylic acids is 1. The molecule has 1 aromatic heterocycles. The van der Waals surface area contributed by atoms with Gasteiger partial charge in [-0.3, -0.25) is 19.3 Å². The van der Waals surface area contributed by atoms with Gasteiger partial charge in [0.25, 0.3) is 15.9 Å². The molecule has 1 saturated carbocycles. The molecule has 1 amide bonds. The smallest absolute Gasteiger partial charge is 0.314 e. The average molecular weight is 499 g/mol. The number of hydrogen-bond acceptors (Lipinski definition) is 5. The molecule has 35 heavy (non-hydrogen) atoms. The van der Waals surface area contributed by atoms with Crippen LogP contribution in [0.1, 0.15) is 34.5 Å². The number of nitrogens with zero attached hydrogens (tertiary/aromatic N) is 1. The van der Waals surface area contributed by atoms with Crippen molar-refractivity contribution in [1.29, 1.82) is 0 Å². The van der Waals surface area contributed by atoms with Crippen LogP contribution in [-0.4, -0.2) is 36.9 Å². The first-order chi connectivity index (χ1) is 16.6. The van der Waals surface area contributed by atoms with Crippen LogP contribution in [0.5, 0.6) is 0 Å². The highest BCUT2D eigenvalue weighted by Gasteiger charge is 2.51. The van der Waals surface area contributed by atoms with E-state index in [0.29, 0.717) is 43.1 Å². The molecule has 2 heterocycles. The highest BCUT2D eigenvalue weighted by molar-refractivity contribution is 7.92. The second-order valence-electron chi connectivity index (χ2n) is 8.56. The normalized spacial score (nSPS) is 16.2. The molecule has 0 atom stereocenters. The van der Waals surface area contributed by atoms with E-state index >= 15 is 0 Å². The van der Waals surface area contributed by atoms with Crippen LogP contribution in [0.4, 0.5) is 14.5 Å². The number of carbonyl (C=O) groups is 2. The molecular formula is C24H19F2N3O5S. The van der Waals surface area contributed by atoms with Gasteiger partial charge in [0, 0.05) is 24.6 Å². The van der Waals surface area contributed by atoms with Crippen molar-refractivity contribution in [2.24, 2.45) is 0 Å². The van der Waals surface area contributed by atoms with Crippen molar-refractivity contribution in [3.8, 4) is 11.1 Å². The number of halogens is 2. The summed E-state index contributed by atoms with van der Waals surface area (Å²) in [5.41, 5.74) is 0.185. The number of benzene rings is 2. The van der Waals surface area contributed by atoms with E-state index in [1.54, 1.807) is 0 Å². The molecule has 180 valence electrons. The minimum atomic E-state index is -4.58. The topological polar surface area (TPSA) is 125 Å². The van der Waals surface area contributed by atoms with Crippen molar-refractivity contribution in [1.82, 2.24) is 10.3 Å². The third kappa shape index (κ3) is 4.01. The molecule has 1 fully saturated rings. The second kappa shape index (κ2) is 8.12. The summed E-state index contributed by atoms with van der Waals surface area (Å²) in [6.45, 7) is 0.417. The predicted molar refractivity (Wildman–Crippen MR) is 121 cm³/mol. The lowest BCUT2D eigenvalue weighted by Gasteiger charge is -2.18. The standard InChI is InChI=1S/C24H19F2N3O5S/c25-15-9-17(13-1-3-14(4-2-13)24(6-7-24)23(31)32)21(19(26)10-15)35(33,34)29-16-11-18-20(28-12-16)5-8-27-22(18)30/h1-4,9-12,29H,5-8H2,(H,27,30)(H,31,32). The minimum Gasteiger partial charge on any atom is -0.481 e. The Labute approximate surface area is 199 Å². The lowest BCUT2D eigenvalue weighted by Crippen LogP contribution is -2.32. The first-order valence-electron chi connectivity index (χ1n) is 10.7. The van der Waals surface area contributed by atoms with Gasteiger partial charge in [0.1, 0.15) is 16.5 Å². The Bertz CT molecular complexity index is 1490. The van der Waals surface area contributed by atoms with E-state index in [9.17, 15) is 31.9 Å². The Hall–Kier alpha value is -3.86. The molecule has 0 saturated heterocycles. The number of carboxylic acids is 1. The fourth-order valence-electron chi connectivity index (χ4n) is 4.31. The monoisotopic (exact) mass is 499 g/mol. The maximum Gasteiger partial charge on any atom is 0.314 e. The summed E-state index contributed by atoms with van der Waals surface area (Å²) >= 11 is 0. The van der Waals surface area contributed by atoms with Crippen LogP contribution in [0.15, 0.2) is 53.6 Å². The Morgan fingerprint density at radius 3 is 2.46 bits per heavy atom. The predicted octanol–water partition coefficient (Wildman–Crippen LogP) is 3.23. The van der Waals surface area contributed by atoms with Gasteiger partial charge in [0.05, 0.1) is 28.6 Å². The molecule has 3 aromatic rings. The molecule has 11 heteroatoms. The lowest BCUT2D eigenvalue weighted by molar-refractivity contribution is -0.140. The Morgan fingerprint density at radius 2 is 1.80 bits per heavy atom. The van der Waals surface area contributed by atoms with Crippen LogP contribution < -0.4 is 10.0 Å². The largest absolute Gasteiger partial charge is 0.481 e. The maximum absolute atomic E-state index is 14.9. The summed E-state index contributed by atoms with van der Waals surface area (Å²) in [4.78, 5) is 27.0. The van der Waals surface area contributed by atoms with Crippen LogP contribution in [0.3, 0.4) is 0 Å². The number of carbonyl (C=O) groups excluding carboxylic acids is 1. The maximum atomic E-state index is 14.9.